The van der Waals surface area contributed by atoms with Crippen LogP contribution in [0.15, 0.2) is 24.3 Å². The molecule has 3 unspecified atom stereocenters. The third kappa shape index (κ3) is 4.07. The molecule has 18 heavy (non-hydrogen) atoms. The summed E-state index contributed by atoms with van der Waals surface area (Å²) in [5.41, 5.74) is 1.16. The van der Waals surface area contributed by atoms with Crippen molar-refractivity contribution in [2.45, 2.75) is 51.4 Å². The summed E-state index contributed by atoms with van der Waals surface area (Å²) < 4.78 is 18.5. The summed E-state index contributed by atoms with van der Waals surface area (Å²) in [5, 5.41) is 3.49. The van der Waals surface area contributed by atoms with Crippen molar-refractivity contribution in [1.82, 2.24) is 5.32 Å². The minimum Gasteiger partial charge on any atom is -0.374 e. The first-order valence-electron chi connectivity index (χ1n) is 6.77. The van der Waals surface area contributed by atoms with Crippen LogP contribution in [0, 0.1) is 5.82 Å². The van der Waals surface area contributed by atoms with Gasteiger partial charge in [0, 0.05) is 12.6 Å². The molecule has 1 fully saturated rings. The molecule has 1 saturated heterocycles. The van der Waals surface area contributed by atoms with Gasteiger partial charge in [-0.25, -0.2) is 4.39 Å². The van der Waals surface area contributed by atoms with Crippen LogP contribution >= 0.6 is 0 Å². The minimum absolute atomic E-state index is 0.173. The lowest BCUT2D eigenvalue weighted by molar-refractivity contribution is 0.0546. The smallest absolute Gasteiger partial charge is 0.123 e. The molecule has 3 heteroatoms. The third-order valence-electron chi connectivity index (χ3n) is 3.47. The van der Waals surface area contributed by atoms with Crippen molar-refractivity contribution < 1.29 is 9.13 Å². The van der Waals surface area contributed by atoms with Gasteiger partial charge in [0.15, 0.2) is 0 Å². The number of benzene rings is 1. The number of ether oxygens (including phenoxy) is 1. The Morgan fingerprint density at radius 1 is 1.33 bits per heavy atom. The number of hydrogen-bond donors (Lipinski definition) is 1. The van der Waals surface area contributed by atoms with Crippen molar-refractivity contribution in [3.63, 3.8) is 0 Å². The van der Waals surface area contributed by atoms with Gasteiger partial charge in [-0.3, -0.25) is 0 Å². The summed E-state index contributed by atoms with van der Waals surface area (Å²) in [6.45, 7) is 5.19. The van der Waals surface area contributed by atoms with Crippen molar-refractivity contribution in [1.29, 1.82) is 0 Å². The van der Waals surface area contributed by atoms with Gasteiger partial charge in [0.1, 0.15) is 5.82 Å². The summed E-state index contributed by atoms with van der Waals surface area (Å²) >= 11 is 0. The molecular formula is C15H22FNO. The fourth-order valence-corrected chi connectivity index (χ4v) is 2.41. The van der Waals surface area contributed by atoms with E-state index in [1.165, 1.54) is 18.6 Å². The number of nitrogens with one attached hydrogen (secondary N) is 1. The normalized spacial score (nSPS) is 25.3. The van der Waals surface area contributed by atoms with Crippen molar-refractivity contribution >= 4 is 0 Å². The van der Waals surface area contributed by atoms with Crippen molar-refractivity contribution in [2.75, 3.05) is 6.54 Å². The Bertz CT molecular complexity index is 365. The molecule has 1 aromatic carbocycles. The van der Waals surface area contributed by atoms with Gasteiger partial charge in [0.05, 0.1) is 12.2 Å². The molecule has 1 aliphatic rings. The topological polar surface area (TPSA) is 21.3 Å². The molecule has 0 aliphatic carbocycles. The van der Waals surface area contributed by atoms with E-state index in [1.54, 1.807) is 0 Å². The lowest BCUT2D eigenvalue weighted by Gasteiger charge is -2.17. The maximum atomic E-state index is 12.8. The summed E-state index contributed by atoms with van der Waals surface area (Å²) in [6.07, 6.45) is 4.00. The highest BCUT2D eigenvalue weighted by atomic mass is 19.1. The van der Waals surface area contributed by atoms with E-state index in [4.69, 9.17) is 4.74 Å². The van der Waals surface area contributed by atoms with Crippen LogP contribution < -0.4 is 5.32 Å². The molecule has 2 nitrogen and oxygen atoms in total. The van der Waals surface area contributed by atoms with Crippen LogP contribution in [-0.2, 0) is 11.2 Å². The van der Waals surface area contributed by atoms with Crippen LogP contribution in [0.1, 0.15) is 32.3 Å². The van der Waals surface area contributed by atoms with Crippen LogP contribution in [0.25, 0.3) is 0 Å². The van der Waals surface area contributed by atoms with E-state index < -0.39 is 0 Å². The quantitative estimate of drug-likeness (QED) is 0.868. The van der Waals surface area contributed by atoms with E-state index in [-0.39, 0.29) is 5.82 Å². The third-order valence-corrected chi connectivity index (χ3v) is 3.47. The van der Waals surface area contributed by atoms with Crippen LogP contribution in [0.4, 0.5) is 4.39 Å². The van der Waals surface area contributed by atoms with Gasteiger partial charge in [-0.05, 0) is 50.8 Å². The number of hydrogen-bond acceptors (Lipinski definition) is 2. The van der Waals surface area contributed by atoms with Crippen molar-refractivity contribution in [3.8, 4) is 0 Å². The second-order valence-electron chi connectivity index (χ2n) is 5.29. The Balaban J connectivity index is 1.71. The fourth-order valence-electron chi connectivity index (χ4n) is 2.41. The molecular weight excluding hydrogens is 229 g/mol. The number of rotatable bonds is 5. The van der Waals surface area contributed by atoms with Gasteiger partial charge in [0.25, 0.3) is 0 Å². The van der Waals surface area contributed by atoms with E-state index in [2.05, 4.69) is 19.2 Å². The van der Waals surface area contributed by atoms with E-state index in [9.17, 15) is 4.39 Å². The zero-order valence-corrected chi connectivity index (χ0v) is 11.2. The molecule has 3 atom stereocenters. The molecule has 0 bridgehead atoms. The highest BCUT2D eigenvalue weighted by Gasteiger charge is 2.21. The zero-order chi connectivity index (χ0) is 13.0. The van der Waals surface area contributed by atoms with E-state index in [0.717, 1.165) is 24.9 Å². The average Bonchev–Trinajstić information content (AvgIpc) is 2.76. The summed E-state index contributed by atoms with van der Waals surface area (Å²) in [4.78, 5) is 0. The molecule has 2 rings (SSSR count). The van der Waals surface area contributed by atoms with E-state index in [0.29, 0.717) is 18.2 Å². The van der Waals surface area contributed by atoms with Crippen LogP contribution in [0.2, 0.25) is 0 Å². The van der Waals surface area contributed by atoms with Crippen molar-refractivity contribution in [3.05, 3.63) is 35.6 Å². The maximum Gasteiger partial charge on any atom is 0.123 e. The van der Waals surface area contributed by atoms with Crippen LogP contribution in [0.3, 0.4) is 0 Å². The lowest BCUT2D eigenvalue weighted by atomic mass is 10.1. The highest BCUT2D eigenvalue weighted by molar-refractivity contribution is 5.16. The van der Waals surface area contributed by atoms with Gasteiger partial charge >= 0.3 is 0 Å². The Hall–Kier alpha value is -0.930. The molecule has 1 N–H and O–H groups in total. The van der Waals surface area contributed by atoms with Crippen LogP contribution in [-0.4, -0.2) is 24.8 Å². The molecule has 0 aromatic heterocycles. The minimum atomic E-state index is -0.173. The molecule has 0 radical (unpaired) electrons. The number of halogens is 1. The van der Waals surface area contributed by atoms with Gasteiger partial charge in [-0.2, -0.15) is 0 Å². The Morgan fingerprint density at radius 2 is 2.06 bits per heavy atom. The van der Waals surface area contributed by atoms with E-state index >= 15 is 0 Å². The lowest BCUT2D eigenvalue weighted by Crippen LogP contribution is -2.35. The molecule has 1 aromatic rings. The highest BCUT2D eigenvalue weighted by Crippen LogP contribution is 2.18. The summed E-state index contributed by atoms with van der Waals surface area (Å²) in [6, 6.07) is 7.12. The Morgan fingerprint density at radius 3 is 2.67 bits per heavy atom. The molecule has 0 saturated carbocycles. The summed E-state index contributed by atoms with van der Waals surface area (Å²) in [7, 11) is 0. The maximum absolute atomic E-state index is 12.8. The van der Waals surface area contributed by atoms with Gasteiger partial charge in [0.2, 0.25) is 0 Å². The second kappa shape index (κ2) is 6.30. The first kappa shape index (κ1) is 13.5. The van der Waals surface area contributed by atoms with Gasteiger partial charge < -0.3 is 10.1 Å². The molecule has 0 amide bonds. The largest absolute Gasteiger partial charge is 0.374 e. The monoisotopic (exact) mass is 251 g/mol. The zero-order valence-electron chi connectivity index (χ0n) is 11.2. The van der Waals surface area contributed by atoms with Crippen molar-refractivity contribution in [2.24, 2.45) is 0 Å². The molecule has 100 valence electrons. The second-order valence-corrected chi connectivity index (χ2v) is 5.29. The van der Waals surface area contributed by atoms with Gasteiger partial charge in [-0.1, -0.05) is 12.1 Å². The Labute approximate surface area is 109 Å². The standard InChI is InChI=1S/C15H22FNO/c1-11(9-13-4-6-14(16)7-5-13)17-10-15-8-3-12(2)18-15/h4-7,11-12,15,17H,3,8-10H2,1-2H3. The van der Waals surface area contributed by atoms with Gasteiger partial charge in [-0.15, -0.1) is 0 Å². The molecule has 0 spiro atoms. The molecule has 1 heterocycles. The predicted octanol–water partition coefficient (Wildman–Crippen LogP) is 2.91. The fraction of sp³-hybridized carbons (Fsp3) is 0.600. The van der Waals surface area contributed by atoms with Crippen LogP contribution in [0.5, 0.6) is 0 Å². The molecule has 1 aliphatic heterocycles. The predicted molar refractivity (Wildman–Crippen MR) is 71.1 cm³/mol. The van der Waals surface area contributed by atoms with E-state index in [1.807, 2.05) is 12.1 Å². The average molecular weight is 251 g/mol. The Kier molecular flexibility index (Phi) is 4.72. The summed E-state index contributed by atoms with van der Waals surface area (Å²) in [5.74, 6) is -0.173. The SMILES string of the molecule is CC(Cc1ccc(F)cc1)NCC1CCC(C)O1. The first-order valence-corrected chi connectivity index (χ1v) is 6.77. The first-order chi connectivity index (χ1) is 8.63.